The number of nitrogens with zero attached hydrogens (tertiary/aromatic N) is 2. The molecule has 4 heterocycles. The smallest absolute Gasteiger partial charge is 0.169 e. The first-order chi connectivity index (χ1) is 17.7. The van der Waals surface area contributed by atoms with Crippen molar-refractivity contribution in [3.63, 3.8) is 0 Å². The van der Waals surface area contributed by atoms with Crippen molar-refractivity contribution in [3.8, 4) is 0 Å². The number of rotatable bonds is 4. The van der Waals surface area contributed by atoms with Gasteiger partial charge in [0.25, 0.3) is 0 Å². The molecule has 0 aromatic carbocycles. The van der Waals surface area contributed by atoms with Crippen molar-refractivity contribution in [1.29, 1.82) is 0 Å². The number of aliphatic imine (C=N–C) groups is 2. The maximum atomic E-state index is 15.0. The molecule has 3 nitrogen and oxygen atoms in total. The molecule has 1 aromatic rings. The lowest BCUT2D eigenvalue weighted by atomic mass is 10.00. The molecule has 0 aliphatic carbocycles. The highest BCUT2D eigenvalue weighted by Crippen LogP contribution is 2.43. The van der Waals surface area contributed by atoms with Crippen molar-refractivity contribution < 1.29 is 22.0 Å². The molecule has 4 rings (SSSR count). The second-order valence-electron chi connectivity index (χ2n) is 8.00. The fourth-order valence-corrected chi connectivity index (χ4v) is 4.47. The van der Waals surface area contributed by atoms with E-state index in [-0.39, 0.29) is 16.2 Å². The van der Waals surface area contributed by atoms with E-state index in [1.165, 1.54) is 6.08 Å². The Hall–Kier alpha value is -3.98. The zero-order valence-corrected chi connectivity index (χ0v) is 20.2. The van der Waals surface area contributed by atoms with Crippen molar-refractivity contribution in [2.45, 2.75) is 6.42 Å². The normalized spacial score (nSPS) is 24.1. The highest BCUT2D eigenvalue weighted by atomic mass is 32.2. The molecular weight excluding hydrogens is 505 g/mol. The van der Waals surface area contributed by atoms with Crippen LogP contribution in [-0.2, 0) is 0 Å². The summed E-state index contributed by atoms with van der Waals surface area (Å²) >= 11 is 0.941. The molecular formula is C28H20F5N3S. The monoisotopic (exact) mass is 525 g/mol. The predicted octanol–water partition coefficient (Wildman–Crippen LogP) is 6.73. The molecule has 1 aromatic heterocycles. The number of thioether (sulfide) groups is 1. The standard InChI is InChI=1S/C28H20F5N3S/c1-15-4-5-18-6-7-19(34-18)12-20-8-9-21(35-20)13-22-10-11-24(36-22)25(17(3)37-15)26(27(32)16(2)30)28(33)23(31)14-29/h5-13,35H,1-4,14H2/b18-5-,20-12-,21-13-,25-24+,27-26+,28-23-. The summed E-state index contributed by atoms with van der Waals surface area (Å²) < 4.78 is 70.9. The fraction of sp³-hybridized carbons (Fsp3) is 0.0714. The van der Waals surface area contributed by atoms with Gasteiger partial charge < -0.3 is 4.98 Å². The molecule has 3 aliphatic rings. The molecule has 0 unspecified atom stereocenters. The Labute approximate surface area is 214 Å². The van der Waals surface area contributed by atoms with Gasteiger partial charge in [0, 0.05) is 21.2 Å². The number of hydrogen-bond acceptors (Lipinski definition) is 3. The minimum Gasteiger partial charge on any atom is -0.355 e. The molecule has 1 N–H and O–H groups in total. The first kappa shape index (κ1) is 26.1. The fourth-order valence-electron chi connectivity index (χ4n) is 3.64. The molecule has 0 fully saturated rings. The number of hydrogen-bond donors (Lipinski definition) is 1. The summed E-state index contributed by atoms with van der Waals surface area (Å²) in [5.41, 5.74) is 0.258. The van der Waals surface area contributed by atoms with Gasteiger partial charge in [0.15, 0.2) is 23.3 Å². The lowest BCUT2D eigenvalue weighted by Crippen LogP contribution is -2.12. The zero-order chi connectivity index (χ0) is 26.7. The Balaban J connectivity index is 1.96. The molecule has 0 atom stereocenters. The number of alkyl halides is 1. The number of aromatic nitrogens is 1. The molecule has 0 radical (unpaired) electrons. The molecule has 188 valence electrons. The van der Waals surface area contributed by atoms with Gasteiger partial charge in [0.2, 0.25) is 0 Å². The zero-order valence-electron chi connectivity index (χ0n) is 19.4. The third-order valence-corrected chi connectivity index (χ3v) is 6.21. The van der Waals surface area contributed by atoms with Crippen molar-refractivity contribution >= 4 is 35.3 Å². The van der Waals surface area contributed by atoms with E-state index in [0.29, 0.717) is 28.1 Å². The Morgan fingerprint density at radius 1 is 0.919 bits per heavy atom. The number of allylic oxidation sites excluding steroid dienone is 12. The van der Waals surface area contributed by atoms with Gasteiger partial charge >= 0.3 is 0 Å². The van der Waals surface area contributed by atoms with Crippen LogP contribution in [0.1, 0.15) is 6.42 Å². The third kappa shape index (κ3) is 5.89. The van der Waals surface area contributed by atoms with E-state index in [0.717, 1.165) is 22.8 Å². The van der Waals surface area contributed by atoms with Crippen molar-refractivity contribution in [1.82, 2.24) is 4.98 Å². The number of aromatic amines is 1. The van der Waals surface area contributed by atoms with Gasteiger partial charge in [0.05, 0.1) is 28.4 Å². The van der Waals surface area contributed by atoms with E-state index in [1.54, 1.807) is 24.3 Å². The lowest BCUT2D eigenvalue weighted by molar-refractivity contribution is 0.429. The summed E-state index contributed by atoms with van der Waals surface area (Å²) in [6, 6.07) is 3.65. The van der Waals surface area contributed by atoms with Crippen LogP contribution in [0, 0.1) is 0 Å². The van der Waals surface area contributed by atoms with Gasteiger partial charge in [-0.25, -0.2) is 31.9 Å². The minimum absolute atomic E-state index is 0.00720. The van der Waals surface area contributed by atoms with Crippen LogP contribution < -0.4 is 10.7 Å². The molecule has 0 saturated carbocycles. The first-order valence-corrected chi connectivity index (χ1v) is 11.7. The van der Waals surface area contributed by atoms with E-state index >= 15 is 4.39 Å². The second kappa shape index (κ2) is 11.0. The van der Waals surface area contributed by atoms with Gasteiger partial charge in [-0.3, -0.25) is 0 Å². The van der Waals surface area contributed by atoms with Crippen LogP contribution in [0.15, 0.2) is 128 Å². The summed E-state index contributed by atoms with van der Waals surface area (Å²) in [5.74, 6) is -7.28. The van der Waals surface area contributed by atoms with Crippen LogP contribution in [0.2, 0.25) is 0 Å². The van der Waals surface area contributed by atoms with E-state index in [9.17, 15) is 17.6 Å². The first-order valence-electron chi connectivity index (χ1n) is 10.9. The Morgan fingerprint density at radius 3 is 2.22 bits per heavy atom. The lowest BCUT2D eigenvalue weighted by Gasteiger charge is -2.17. The van der Waals surface area contributed by atoms with E-state index in [2.05, 4.69) is 34.7 Å². The average Bonchev–Trinajstić information content (AvgIpc) is 3.61. The molecule has 9 heteroatoms. The van der Waals surface area contributed by atoms with Gasteiger partial charge in [-0.2, -0.15) is 0 Å². The summed E-state index contributed by atoms with van der Waals surface area (Å²) in [6.45, 7) is 8.82. The maximum absolute atomic E-state index is 15.0. The van der Waals surface area contributed by atoms with E-state index in [1.807, 2.05) is 24.3 Å². The molecule has 0 amide bonds. The SMILES string of the molecule is C=C1C/C=C2/C=CC(=N2)/C=c2/cc/c([nH]2)=C/C2=NC(=C(C(/C(F)=C(/F)CF)=C(\F)C(=C)F)\C(=C)S1)/C=C2. The summed E-state index contributed by atoms with van der Waals surface area (Å²) in [4.78, 5) is 12.6. The molecule has 3 aliphatic heterocycles. The number of nitrogens with one attached hydrogen (secondary N) is 1. The molecule has 0 spiro atoms. The third-order valence-electron chi connectivity index (χ3n) is 5.31. The quantitative estimate of drug-likeness (QED) is 0.344. The van der Waals surface area contributed by atoms with Crippen molar-refractivity contribution in [2.24, 2.45) is 9.98 Å². The van der Waals surface area contributed by atoms with Crippen LogP contribution in [-0.4, -0.2) is 23.1 Å². The summed E-state index contributed by atoms with van der Waals surface area (Å²) in [5, 5.41) is 1.46. The molecule has 0 saturated heterocycles. The van der Waals surface area contributed by atoms with Crippen LogP contribution in [0.5, 0.6) is 0 Å². The van der Waals surface area contributed by atoms with E-state index in [4.69, 9.17) is 0 Å². The molecule has 37 heavy (non-hydrogen) atoms. The molecule has 6 bridgehead atoms. The van der Waals surface area contributed by atoms with Crippen molar-refractivity contribution in [3.05, 3.63) is 129 Å². The van der Waals surface area contributed by atoms with Crippen LogP contribution in [0.25, 0.3) is 12.2 Å². The van der Waals surface area contributed by atoms with E-state index < -0.39 is 35.6 Å². The average molecular weight is 526 g/mol. The maximum Gasteiger partial charge on any atom is 0.169 e. The summed E-state index contributed by atoms with van der Waals surface area (Å²) in [6.07, 6.45) is 12.3. The Kier molecular flexibility index (Phi) is 7.73. The largest absolute Gasteiger partial charge is 0.355 e. The number of fused-ring (bicyclic) bond motifs is 4. The van der Waals surface area contributed by atoms with Crippen molar-refractivity contribution in [2.75, 3.05) is 6.67 Å². The highest BCUT2D eigenvalue weighted by molar-refractivity contribution is 8.06. The Morgan fingerprint density at radius 2 is 1.57 bits per heavy atom. The predicted molar refractivity (Wildman–Crippen MR) is 141 cm³/mol. The second-order valence-corrected chi connectivity index (χ2v) is 9.28. The van der Waals surface area contributed by atoms with Gasteiger partial charge in [-0.15, -0.1) is 0 Å². The number of H-pyrrole nitrogens is 1. The van der Waals surface area contributed by atoms with Crippen LogP contribution in [0.3, 0.4) is 0 Å². The number of halogens is 5. The van der Waals surface area contributed by atoms with Crippen LogP contribution >= 0.6 is 11.8 Å². The van der Waals surface area contributed by atoms with Gasteiger partial charge in [-0.05, 0) is 59.9 Å². The topological polar surface area (TPSA) is 40.5 Å². The Bertz CT molecular complexity index is 1590. The van der Waals surface area contributed by atoms with Gasteiger partial charge in [0.1, 0.15) is 6.67 Å². The minimum atomic E-state index is -1.91. The van der Waals surface area contributed by atoms with Gasteiger partial charge in [-0.1, -0.05) is 37.6 Å². The summed E-state index contributed by atoms with van der Waals surface area (Å²) in [7, 11) is 0. The highest BCUT2D eigenvalue weighted by Gasteiger charge is 2.28. The van der Waals surface area contributed by atoms with Crippen LogP contribution in [0.4, 0.5) is 22.0 Å².